The number of para-hydroxylation sites is 2. The zero-order valence-corrected chi connectivity index (χ0v) is 11.9. The minimum absolute atomic E-state index is 0.209. The second kappa shape index (κ2) is 5.03. The standard InChI is InChI=1S/C15H20N2O2/c1-5-13-16-11-8-6-7-9-12(11)17(13)10-14(18)19-15(2,3)4/h6-9H,5,10H2,1-4H3. The predicted molar refractivity (Wildman–Crippen MR) is 75.0 cm³/mol. The lowest BCUT2D eigenvalue weighted by molar-refractivity contribution is -0.155. The van der Waals surface area contributed by atoms with Crippen LogP contribution in [0, 0.1) is 0 Å². The molecule has 102 valence electrons. The van der Waals surface area contributed by atoms with Crippen LogP contribution in [0.4, 0.5) is 0 Å². The number of aryl methyl sites for hydroxylation is 1. The minimum Gasteiger partial charge on any atom is -0.459 e. The Morgan fingerprint density at radius 1 is 1.32 bits per heavy atom. The lowest BCUT2D eigenvalue weighted by Gasteiger charge is -2.20. The lowest BCUT2D eigenvalue weighted by Crippen LogP contribution is -2.27. The highest BCUT2D eigenvalue weighted by Crippen LogP contribution is 2.17. The van der Waals surface area contributed by atoms with Crippen molar-refractivity contribution in [3.05, 3.63) is 30.1 Å². The minimum atomic E-state index is -0.458. The summed E-state index contributed by atoms with van der Waals surface area (Å²) in [7, 11) is 0. The van der Waals surface area contributed by atoms with Gasteiger partial charge in [-0.25, -0.2) is 4.98 Å². The average Bonchev–Trinajstić information content (AvgIpc) is 2.65. The molecule has 0 aliphatic heterocycles. The molecular formula is C15H20N2O2. The Morgan fingerprint density at radius 3 is 2.63 bits per heavy atom. The van der Waals surface area contributed by atoms with Crippen LogP contribution in [0.5, 0.6) is 0 Å². The number of carbonyl (C=O) groups excluding carboxylic acids is 1. The molecule has 0 N–H and O–H groups in total. The summed E-state index contributed by atoms with van der Waals surface area (Å²) in [4.78, 5) is 16.5. The van der Waals surface area contributed by atoms with Gasteiger partial charge < -0.3 is 9.30 Å². The topological polar surface area (TPSA) is 44.1 Å². The molecule has 2 rings (SSSR count). The molecule has 0 saturated heterocycles. The average molecular weight is 260 g/mol. The molecule has 1 aromatic heterocycles. The molecule has 0 fully saturated rings. The summed E-state index contributed by atoms with van der Waals surface area (Å²) in [5.41, 5.74) is 1.44. The SMILES string of the molecule is CCc1nc2ccccc2n1CC(=O)OC(C)(C)C. The van der Waals surface area contributed by atoms with Crippen LogP contribution in [0.3, 0.4) is 0 Å². The number of rotatable bonds is 3. The van der Waals surface area contributed by atoms with Gasteiger partial charge in [-0.05, 0) is 32.9 Å². The molecule has 4 heteroatoms. The van der Waals surface area contributed by atoms with Gasteiger partial charge in [-0.2, -0.15) is 0 Å². The van der Waals surface area contributed by atoms with Crippen LogP contribution in [-0.4, -0.2) is 21.1 Å². The first kappa shape index (κ1) is 13.6. The van der Waals surface area contributed by atoms with Gasteiger partial charge in [-0.15, -0.1) is 0 Å². The number of hydrogen-bond acceptors (Lipinski definition) is 3. The lowest BCUT2D eigenvalue weighted by atomic mass is 10.2. The third kappa shape index (κ3) is 3.13. The number of hydrogen-bond donors (Lipinski definition) is 0. The highest BCUT2D eigenvalue weighted by Gasteiger charge is 2.18. The first-order valence-corrected chi connectivity index (χ1v) is 6.56. The quantitative estimate of drug-likeness (QED) is 0.797. The van der Waals surface area contributed by atoms with E-state index in [-0.39, 0.29) is 12.5 Å². The van der Waals surface area contributed by atoms with Crippen molar-refractivity contribution in [1.82, 2.24) is 9.55 Å². The summed E-state index contributed by atoms with van der Waals surface area (Å²) in [6.07, 6.45) is 0.789. The molecule has 4 nitrogen and oxygen atoms in total. The van der Waals surface area contributed by atoms with Gasteiger partial charge >= 0.3 is 5.97 Å². The second-order valence-electron chi connectivity index (χ2n) is 5.54. The summed E-state index contributed by atoms with van der Waals surface area (Å²) in [6, 6.07) is 7.84. The van der Waals surface area contributed by atoms with E-state index in [1.807, 2.05) is 56.5 Å². The third-order valence-corrected chi connectivity index (χ3v) is 2.76. The van der Waals surface area contributed by atoms with Gasteiger partial charge in [-0.3, -0.25) is 4.79 Å². The molecule has 0 radical (unpaired) electrons. The highest BCUT2D eigenvalue weighted by molar-refractivity contribution is 5.79. The van der Waals surface area contributed by atoms with Crippen molar-refractivity contribution in [3.8, 4) is 0 Å². The predicted octanol–water partition coefficient (Wildman–Crippen LogP) is 2.94. The maximum Gasteiger partial charge on any atom is 0.326 e. The molecule has 0 atom stereocenters. The van der Waals surface area contributed by atoms with Gasteiger partial charge in [0.1, 0.15) is 18.0 Å². The number of ether oxygens (including phenoxy) is 1. The van der Waals surface area contributed by atoms with E-state index in [4.69, 9.17) is 4.74 Å². The summed E-state index contributed by atoms with van der Waals surface area (Å²) < 4.78 is 7.31. The highest BCUT2D eigenvalue weighted by atomic mass is 16.6. The monoisotopic (exact) mass is 260 g/mol. The number of carbonyl (C=O) groups is 1. The van der Waals surface area contributed by atoms with Crippen LogP contribution in [0.15, 0.2) is 24.3 Å². The molecule has 2 aromatic rings. The van der Waals surface area contributed by atoms with Gasteiger partial charge in [0.25, 0.3) is 0 Å². The Bertz CT molecular complexity index is 594. The van der Waals surface area contributed by atoms with Gasteiger partial charge in [0.05, 0.1) is 11.0 Å². The molecule has 0 spiro atoms. The van der Waals surface area contributed by atoms with E-state index in [1.165, 1.54) is 0 Å². The molecular weight excluding hydrogens is 240 g/mol. The van der Waals surface area contributed by atoms with Crippen molar-refractivity contribution in [2.75, 3.05) is 0 Å². The van der Waals surface area contributed by atoms with Crippen molar-refractivity contribution in [3.63, 3.8) is 0 Å². The van der Waals surface area contributed by atoms with Crippen LogP contribution >= 0.6 is 0 Å². The van der Waals surface area contributed by atoms with Crippen LogP contribution in [-0.2, 0) is 22.5 Å². The van der Waals surface area contributed by atoms with Crippen molar-refractivity contribution < 1.29 is 9.53 Å². The van der Waals surface area contributed by atoms with Crippen molar-refractivity contribution in [2.45, 2.75) is 46.3 Å². The molecule has 0 aliphatic rings. The van der Waals surface area contributed by atoms with Gasteiger partial charge in [0, 0.05) is 6.42 Å². The molecule has 19 heavy (non-hydrogen) atoms. The zero-order chi connectivity index (χ0) is 14.0. The second-order valence-corrected chi connectivity index (χ2v) is 5.54. The fraction of sp³-hybridized carbons (Fsp3) is 0.467. The Balaban J connectivity index is 2.31. The third-order valence-electron chi connectivity index (χ3n) is 2.76. The maximum atomic E-state index is 12.0. The van der Waals surface area contributed by atoms with Crippen molar-refractivity contribution >= 4 is 17.0 Å². The summed E-state index contributed by atoms with van der Waals surface area (Å²) >= 11 is 0. The van der Waals surface area contributed by atoms with Gasteiger partial charge in [0.15, 0.2) is 0 Å². The fourth-order valence-corrected chi connectivity index (χ4v) is 2.07. The van der Waals surface area contributed by atoms with E-state index in [0.717, 1.165) is 23.3 Å². The fourth-order valence-electron chi connectivity index (χ4n) is 2.07. The Labute approximate surface area is 113 Å². The maximum absolute atomic E-state index is 12.0. The molecule has 1 heterocycles. The van der Waals surface area contributed by atoms with Gasteiger partial charge in [-0.1, -0.05) is 19.1 Å². The summed E-state index contributed by atoms with van der Waals surface area (Å²) in [5.74, 6) is 0.678. The largest absolute Gasteiger partial charge is 0.459 e. The molecule has 1 aromatic carbocycles. The number of imidazole rings is 1. The van der Waals surface area contributed by atoms with Crippen molar-refractivity contribution in [2.24, 2.45) is 0 Å². The van der Waals surface area contributed by atoms with E-state index >= 15 is 0 Å². The van der Waals surface area contributed by atoms with E-state index in [9.17, 15) is 4.79 Å². The van der Waals surface area contributed by atoms with Gasteiger partial charge in [0.2, 0.25) is 0 Å². The van der Waals surface area contributed by atoms with Crippen LogP contribution in [0.1, 0.15) is 33.5 Å². The number of benzene rings is 1. The van der Waals surface area contributed by atoms with Crippen LogP contribution in [0.2, 0.25) is 0 Å². The first-order valence-electron chi connectivity index (χ1n) is 6.56. The summed E-state index contributed by atoms with van der Waals surface area (Å²) in [6.45, 7) is 7.86. The van der Waals surface area contributed by atoms with E-state index in [1.54, 1.807) is 0 Å². The number of fused-ring (bicyclic) bond motifs is 1. The van der Waals surface area contributed by atoms with E-state index in [2.05, 4.69) is 4.98 Å². The smallest absolute Gasteiger partial charge is 0.326 e. The molecule has 0 amide bonds. The van der Waals surface area contributed by atoms with Crippen LogP contribution in [0.25, 0.3) is 11.0 Å². The molecule has 0 saturated carbocycles. The number of nitrogens with zero attached hydrogens (tertiary/aromatic N) is 2. The first-order chi connectivity index (χ1) is 8.90. The normalized spacial score (nSPS) is 11.8. The van der Waals surface area contributed by atoms with E-state index in [0.29, 0.717) is 0 Å². The summed E-state index contributed by atoms with van der Waals surface area (Å²) in [5, 5.41) is 0. The molecule has 0 aliphatic carbocycles. The Hall–Kier alpha value is -1.84. The zero-order valence-electron chi connectivity index (χ0n) is 11.9. The van der Waals surface area contributed by atoms with Crippen molar-refractivity contribution in [1.29, 1.82) is 0 Å². The molecule has 0 bridgehead atoms. The van der Waals surface area contributed by atoms with Crippen LogP contribution < -0.4 is 0 Å². The number of esters is 1. The Morgan fingerprint density at radius 2 is 2.00 bits per heavy atom. The Kier molecular flexibility index (Phi) is 3.60. The molecule has 0 unspecified atom stereocenters. The number of aromatic nitrogens is 2. The van der Waals surface area contributed by atoms with E-state index < -0.39 is 5.60 Å².